The standard InChI is InChI=1S/C20H16F2N2O3/c21-15-3-1-2-14(16(15)22)19(5-6-19)18(26)24-9-7-20(11-24)13-4-8-23-10-12(13)17(25)27-20/h1-4,8,10H,5-7,9,11H2. The van der Waals surface area contributed by atoms with Crippen LogP contribution in [0.15, 0.2) is 36.7 Å². The number of fused-ring (bicyclic) bond motifs is 2. The van der Waals surface area contributed by atoms with E-state index in [0.717, 1.165) is 11.6 Å². The third-order valence-electron chi connectivity index (χ3n) is 5.97. The third kappa shape index (κ3) is 2.17. The molecule has 0 bridgehead atoms. The number of hydrogen-bond donors (Lipinski definition) is 0. The lowest BCUT2D eigenvalue weighted by Crippen LogP contribution is -2.40. The second-order valence-corrected chi connectivity index (χ2v) is 7.47. The van der Waals surface area contributed by atoms with Gasteiger partial charge in [-0.05, 0) is 25.0 Å². The van der Waals surface area contributed by atoms with Gasteiger partial charge in [-0.1, -0.05) is 12.1 Å². The van der Waals surface area contributed by atoms with Crippen molar-refractivity contribution in [2.24, 2.45) is 0 Å². The number of hydrogen-bond acceptors (Lipinski definition) is 4. The Morgan fingerprint density at radius 2 is 1.96 bits per heavy atom. The zero-order chi connectivity index (χ0) is 18.8. The summed E-state index contributed by atoms with van der Waals surface area (Å²) in [6.07, 6.45) is 4.51. The van der Waals surface area contributed by atoms with Crippen LogP contribution < -0.4 is 0 Å². The monoisotopic (exact) mass is 370 g/mol. The summed E-state index contributed by atoms with van der Waals surface area (Å²) >= 11 is 0. The summed E-state index contributed by atoms with van der Waals surface area (Å²) in [5.41, 5.74) is -0.617. The number of carbonyl (C=O) groups is 2. The minimum Gasteiger partial charge on any atom is -0.449 e. The van der Waals surface area contributed by atoms with Crippen molar-refractivity contribution in [3.8, 4) is 0 Å². The first kappa shape index (κ1) is 16.4. The fourth-order valence-electron chi connectivity index (χ4n) is 4.40. The van der Waals surface area contributed by atoms with Crippen LogP contribution in [-0.2, 0) is 20.5 Å². The Morgan fingerprint density at radius 1 is 1.15 bits per heavy atom. The summed E-state index contributed by atoms with van der Waals surface area (Å²) in [5.74, 6) is -2.58. The van der Waals surface area contributed by atoms with Crippen LogP contribution in [0.25, 0.3) is 0 Å². The lowest BCUT2D eigenvalue weighted by atomic mass is 9.92. The molecule has 0 N–H and O–H groups in total. The number of pyridine rings is 1. The number of benzene rings is 1. The predicted octanol–water partition coefficient (Wildman–Crippen LogP) is 2.69. The SMILES string of the molecule is O=C1OC2(CCN(C(=O)C3(c4cccc(F)c4F)CC3)C2)c2ccncc21. The minimum absolute atomic E-state index is 0.112. The van der Waals surface area contributed by atoms with Crippen LogP contribution in [0.5, 0.6) is 0 Å². The van der Waals surface area contributed by atoms with Crippen molar-refractivity contribution < 1.29 is 23.1 Å². The highest BCUT2D eigenvalue weighted by Crippen LogP contribution is 2.52. The van der Waals surface area contributed by atoms with Crippen LogP contribution in [0.4, 0.5) is 8.78 Å². The average Bonchev–Trinajstić information content (AvgIpc) is 3.29. The molecule has 5 rings (SSSR count). The summed E-state index contributed by atoms with van der Waals surface area (Å²) in [4.78, 5) is 30.9. The largest absolute Gasteiger partial charge is 0.449 e. The van der Waals surface area contributed by atoms with E-state index in [0.29, 0.717) is 31.4 Å². The maximum absolute atomic E-state index is 14.3. The molecule has 1 atom stereocenters. The Morgan fingerprint density at radius 3 is 2.74 bits per heavy atom. The Balaban J connectivity index is 1.46. The Labute approximate surface area is 154 Å². The first-order chi connectivity index (χ1) is 13.0. The molecule has 1 saturated carbocycles. The molecule has 0 radical (unpaired) electrons. The lowest BCUT2D eigenvalue weighted by molar-refractivity contribution is -0.134. The molecule has 2 fully saturated rings. The van der Waals surface area contributed by atoms with Crippen LogP contribution in [0.2, 0.25) is 0 Å². The van der Waals surface area contributed by atoms with Crippen LogP contribution in [0, 0.1) is 11.6 Å². The molecular formula is C20H16F2N2O3. The molecule has 1 aromatic heterocycles. The fourth-order valence-corrected chi connectivity index (χ4v) is 4.40. The van der Waals surface area contributed by atoms with Gasteiger partial charge in [0.05, 0.1) is 17.5 Å². The number of rotatable bonds is 2. The molecule has 5 nitrogen and oxygen atoms in total. The number of halogens is 2. The quantitative estimate of drug-likeness (QED) is 0.763. The molecule has 1 saturated heterocycles. The number of esters is 1. The number of carbonyl (C=O) groups excluding carboxylic acids is 2. The van der Waals surface area contributed by atoms with Crippen LogP contribution >= 0.6 is 0 Å². The van der Waals surface area contributed by atoms with E-state index in [1.807, 2.05) is 0 Å². The summed E-state index contributed by atoms with van der Waals surface area (Å²) in [6.45, 7) is 0.611. The van der Waals surface area contributed by atoms with Gasteiger partial charge in [-0.25, -0.2) is 13.6 Å². The van der Waals surface area contributed by atoms with Gasteiger partial charge in [0.25, 0.3) is 0 Å². The number of ether oxygens (including phenoxy) is 1. The summed E-state index contributed by atoms with van der Waals surface area (Å²) in [5, 5.41) is 0. The van der Waals surface area contributed by atoms with E-state index in [4.69, 9.17) is 4.74 Å². The van der Waals surface area contributed by atoms with Crippen molar-refractivity contribution in [3.63, 3.8) is 0 Å². The van der Waals surface area contributed by atoms with Crippen LogP contribution in [0.3, 0.4) is 0 Å². The van der Waals surface area contributed by atoms with E-state index in [1.54, 1.807) is 17.2 Å². The molecule has 1 aromatic carbocycles. The first-order valence-electron chi connectivity index (χ1n) is 8.89. The van der Waals surface area contributed by atoms with E-state index >= 15 is 0 Å². The highest BCUT2D eigenvalue weighted by Gasteiger charge is 2.58. The number of likely N-dealkylation sites (tertiary alicyclic amines) is 1. The molecule has 2 aromatic rings. The van der Waals surface area contributed by atoms with E-state index in [-0.39, 0.29) is 18.0 Å². The van der Waals surface area contributed by atoms with Crippen molar-refractivity contribution in [2.45, 2.75) is 30.3 Å². The maximum atomic E-state index is 14.3. The summed E-state index contributed by atoms with van der Waals surface area (Å²) < 4.78 is 33.6. The maximum Gasteiger partial charge on any atom is 0.341 e. The second kappa shape index (κ2) is 5.34. The Bertz CT molecular complexity index is 989. The van der Waals surface area contributed by atoms with Crippen molar-refractivity contribution in [1.29, 1.82) is 0 Å². The molecular weight excluding hydrogens is 354 g/mol. The van der Waals surface area contributed by atoms with Gasteiger partial charge in [0.1, 0.15) is 0 Å². The molecule has 7 heteroatoms. The normalized spacial score (nSPS) is 24.8. The first-order valence-corrected chi connectivity index (χ1v) is 8.89. The van der Waals surface area contributed by atoms with Gasteiger partial charge < -0.3 is 9.64 Å². The Kier molecular flexibility index (Phi) is 3.24. The van der Waals surface area contributed by atoms with E-state index in [9.17, 15) is 18.4 Å². The molecule has 1 amide bonds. The van der Waals surface area contributed by atoms with Crippen molar-refractivity contribution in [3.05, 3.63) is 65.0 Å². The number of amides is 1. The van der Waals surface area contributed by atoms with Gasteiger partial charge in [-0.2, -0.15) is 0 Å². The minimum atomic E-state index is -1.01. The molecule has 1 aliphatic carbocycles. The molecule has 2 aliphatic heterocycles. The van der Waals surface area contributed by atoms with Gasteiger partial charge in [-0.3, -0.25) is 9.78 Å². The topological polar surface area (TPSA) is 59.5 Å². The van der Waals surface area contributed by atoms with E-state index < -0.39 is 28.6 Å². The van der Waals surface area contributed by atoms with Crippen molar-refractivity contribution >= 4 is 11.9 Å². The molecule has 1 unspecified atom stereocenters. The number of aromatic nitrogens is 1. The number of nitrogens with zero attached hydrogens (tertiary/aromatic N) is 2. The predicted molar refractivity (Wildman–Crippen MR) is 89.8 cm³/mol. The highest BCUT2D eigenvalue weighted by molar-refractivity contribution is 5.95. The van der Waals surface area contributed by atoms with Gasteiger partial charge in [-0.15, -0.1) is 0 Å². The van der Waals surface area contributed by atoms with Crippen molar-refractivity contribution in [1.82, 2.24) is 9.88 Å². The average molecular weight is 370 g/mol. The van der Waals surface area contributed by atoms with Gasteiger partial charge >= 0.3 is 5.97 Å². The molecule has 3 aliphatic rings. The zero-order valence-electron chi connectivity index (χ0n) is 14.4. The Hall–Kier alpha value is -2.83. The summed E-state index contributed by atoms with van der Waals surface area (Å²) in [6, 6.07) is 5.70. The molecule has 3 heterocycles. The zero-order valence-corrected chi connectivity index (χ0v) is 14.4. The fraction of sp³-hybridized carbons (Fsp3) is 0.350. The van der Waals surface area contributed by atoms with Crippen LogP contribution in [0.1, 0.15) is 40.7 Å². The van der Waals surface area contributed by atoms with Gasteiger partial charge in [0, 0.05) is 36.5 Å². The van der Waals surface area contributed by atoms with E-state index in [2.05, 4.69) is 4.98 Å². The van der Waals surface area contributed by atoms with Crippen molar-refractivity contribution in [2.75, 3.05) is 13.1 Å². The molecule has 1 spiro atoms. The lowest BCUT2D eigenvalue weighted by Gasteiger charge is -2.27. The third-order valence-corrected chi connectivity index (χ3v) is 5.97. The molecule has 27 heavy (non-hydrogen) atoms. The summed E-state index contributed by atoms with van der Waals surface area (Å²) in [7, 11) is 0. The second-order valence-electron chi connectivity index (χ2n) is 7.47. The van der Waals surface area contributed by atoms with Gasteiger partial charge in [0.15, 0.2) is 17.2 Å². The smallest absolute Gasteiger partial charge is 0.341 e. The van der Waals surface area contributed by atoms with Crippen LogP contribution in [-0.4, -0.2) is 34.8 Å². The van der Waals surface area contributed by atoms with Gasteiger partial charge in [0.2, 0.25) is 5.91 Å². The highest BCUT2D eigenvalue weighted by atomic mass is 19.2. The van der Waals surface area contributed by atoms with E-state index in [1.165, 1.54) is 18.3 Å². The molecule has 138 valence electrons.